The van der Waals surface area contributed by atoms with Crippen molar-refractivity contribution in [3.8, 4) is 28.5 Å². The average Bonchev–Trinajstić information content (AvgIpc) is 2.67. The molecule has 0 atom stereocenters. The predicted molar refractivity (Wildman–Crippen MR) is 115 cm³/mol. The minimum Gasteiger partial charge on any atom is -0.496 e. The van der Waals surface area contributed by atoms with Gasteiger partial charge in [0.1, 0.15) is 11.5 Å². The van der Waals surface area contributed by atoms with E-state index in [4.69, 9.17) is 20.9 Å². The number of pyridine rings is 1. The number of carbonyl (C=O) groups is 1. The van der Waals surface area contributed by atoms with Crippen LogP contribution in [0.25, 0.3) is 11.1 Å². The second kappa shape index (κ2) is 7.83. The number of amides is 1. The summed E-state index contributed by atoms with van der Waals surface area (Å²) in [5.74, 6) is 1.03. The minimum atomic E-state index is -0.646. The maximum absolute atomic E-state index is 11.9. The summed E-state index contributed by atoms with van der Waals surface area (Å²) in [6.07, 6.45) is 1.35. The Morgan fingerprint density at radius 3 is 2.31 bits per heavy atom. The fourth-order valence-corrected chi connectivity index (χ4v) is 3.40. The fourth-order valence-electron chi connectivity index (χ4n) is 3.40. The molecule has 1 heterocycles. The van der Waals surface area contributed by atoms with E-state index in [1.54, 1.807) is 7.11 Å². The van der Waals surface area contributed by atoms with Crippen molar-refractivity contribution in [2.24, 2.45) is 5.73 Å². The number of carbonyl (C=O) groups excluding carboxylic acids is 1. The number of benzene rings is 2. The first-order valence-corrected chi connectivity index (χ1v) is 9.23. The number of hydrogen-bond donors (Lipinski definition) is 2. The highest BCUT2D eigenvalue weighted by molar-refractivity contribution is 6.02. The zero-order valence-electron chi connectivity index (χ0n) is 17.3. The van der Waals surface area contributed by atoms with Gasteiger partial charge in [0.15, 0.2) is 0 Å². The van der Waals surface area contributed by atoms with Gasteiger partial charge in [-0.3, -0.25) is 4.79 Å². The third kappa shape index (κ3) is 3.61. The second-order valence-electron chi connectivity index (χ2n) is 7.01. The topological polar surface area (TPSA) is 100 Å². The van der Waals surface area contributed by atoms with Gasteiger partial charge in [0, 0.05) is 6.20 Å². The molecule has 0 aliphatic heterocycles. The number of methoxy groups -OCH3 is 1. The summed E-state index contributed by atoms with van der Waals surface area (Å²) in [7, 11) is 1.61. The van der Waals surface area contributed by atoms with Crippen LogP contribution in [0.3, 0.4) is 0 Å². The maximum Gasteiger partial charge on any atom is 0.252 e. The van der Waals surface area contributed by atoms with Gasteiger partial charge in [-0.2, -0.15) is 0 Å². The summed E-state index contributed by atoms with van der Waals surface area (Å²) in [6, 6.07) is 9.62. The highest BCUT2D eigenvalue weighted by Gasteiger charge is 2.23. The lowest BCUT2D eigenvalue weighted by molar-refractivity contribution is 0.100. The van der Waals surface area contributed by atoms with Crippen molar-refractivity contribution in [2.75, 3.05) is 12.8 Å². The first-order valence-electron chi connectivity index (χ1n) is 9.23. The molecule has 6 heteroatoms. The molecule has 150 valence electrons. The quantitative estimate of drug-likeness (QED) is 0.668. The third-order valence-corrected chi connectivity index (χ3v) is 5.20. The molecule has 3 aromatic rings. The summed E-state index contributed by atoms with van der Waals surface area (Å²) in [5.41, 5.74) is 17.5. The van der Waals surface area contributed by atoms with Crippen LogP contribution in [0.1, 0.15) is 32.6 Å². The average molecular weight is 391 g/mol. The van der Waals surface area contributed by atoms with Gasteiger partial charge in [-0.25, -0.2) is 4.98 Å². The lowest BCUT2D eigenvalue weighted by Gasteiger charge is -2.20. The van der Waals surface area contributed by atoms with Crippen LogP contribution in [0, 0.1) is 27.7 Å². The lowest BCUT2D eigenvalue weighted by Crippen LogP contribution is -2.15. The normalized spacial score (nSPS) is 10.7. The van der Waals surface area contributed by atoms with Crippen molar-refractivity contribution >= 4 is 11.6 Å². The van der Waals surface area contributed by atoms with Gasteiger partial charge in [0.25, 0.3) is 5.91 Å². The van der Waals surface area contributed by atoms with E-state index in [0.717, 1.165) is 27.8 Å². The zero-order valence-corrected chi connectivity index (χ0v) is 17.3. The van der Waals surface area contributed by atoms with E-state index in [1.807, 2.05) is 58.0 Å². The predicted octanol–water partition coefficient (Wildman–Crippen LogP) is 4.46. The molecule has 0 bridgehead atoms. The number of hydrogen-bond acceptors (Lipinski definition) is 5. The smallest absolute Gasteiger partial charge is 0.252 e. The summed E-state index contributed by atoms with van der Waals surface area (Å²) >= 11 is 0. The van der Waals surface area contributed by atoms with E-state index < -0.39 is 5.91 Å². The molecule has 1 aromatic heterocycles. The number of nitrogens with zero attached hydrogens (tertiary/aromatic N) is 1. The van der Waals surface area contributed by atoms with E-state index in [-0.39, 0.29) is 11.3 Å². The van der Waals surface area contributed by atoms with Gasteiger partial charge in [-0.15, -0.1) is 0 Å². The van der Waals surface area contributed by atoms with Crippen molar-refractivity contribution in [1.82, 2.24) is 4.98 Å². The molecule has 0 radical (unpaired) electrons. The summed E-state index contributed by atoms with van der Waals surface area (Å²) in [6.45, 7) is 7.88. The van der Waals surface area contributed by atoms with E-state index in [9.17, 15) is 4.79 Å². The SMILES string of the molecule is COc1ccc(C)c(-c2c(Oc3cccc(C)c3C)ncc(C(N)=O)c2N)c1C. The number of nitrogens with two attached hydrogens (primary N) is 2. The molecule has 6 nitrogen and oxygen atoms in total. The first-order chi connectivity index (χ1) is 13.8. The van der Waals surface area contributed by atoms with E-state index >= 15 is 0 Å². The molecular weight excluding hydrogens is 366 g/mol. The first kappa shape index (κ1) is 20.2. The largest absolute Gasteiger partial charge is 0.496 e. The summed E-state index contributed by atoms with van der Waals surface area (Å²) in [4.78, 5) is 16.3. The molecule has 0 aliphatic rings. The van der Waals surface area contributed by atoms with Crippen LogP contribution < -0.4 is 20.9 Å². The lowest BCUT2D eigenvalue weighted by atomic mass is 9.93. The standard InChI is InChI=1S/C23H25N3O3/c1-12-7-6-8-18(14(12)3)29-23-20(21(24)16(11-26-23)22(25)27)19-13(2)9-10-17(28-5)15(19)4/h6-11H,1-5H3,(H2,24,26)(H2,25,27). The maximum atomic E-state index is 11.9. The van der Waals surface area contributed by atoms with Gasteiger partial charge in [0.2, 0.25) is 5.88 Å². The Bertz CT molecular complexity index is 1110. The molecular formula is C23H25N3O3. The monoisotopic (exact) mass is 391 g/mol. The number of ether oxygens (including phenoxy) is 2. The van der Waals surface area contributed by atoms with Crippen LogP contribution in [0.15, 0.2) is 36.5 Å². The van der Waals surface area contributed by atoms with Crippen molar-refractivity contribution in [2.45, 2.75) is 27.7 Å². The summed E-state index contributed by atoms with van der Waals surface area (Å²) in [5, 5.41) is 0. The van der Waals surface area contributed by atoms with E-state index in [0.29, 0.717) is 22.9 Å². The molecule has 0 unspecified atom stereocenters. The van der Waals surface area contributed by atoms with Crippen molar-refractivity contribution in [1.29, 1.82) is 0 Å². The molecule has 2 aromatic carbocycles. The van der Waals surface area contributed by atoms with Crippen LogP contribution in [0.2, 0.25) is 0 Å². The highest BCUT2D eigenvalue weighted by atomic mass is 16.5. The molecule has 29 heavy (non-hydrogen) atoms. The van der Waals surface area contributed by atoms with Crippen LogP contribution in [-0.4, -0.2) is 18.0 Å². The molecule has 0 saturated heterocycles. The van der Waals surface area contributed by atoms with Crippen molar-refractivity contribution in [3.05, 3.63) is 64.3 Å². The van der Waals surface area contributed by atoms with Crippen LogP contribution >= 0.6 is 0 Å². The Morgan fingerprint density at radius 2 is 1.66 bits per heavy atom. The summed E-state index contributed by atoms with van der Waals surface area (Å²) < 4.78 is 11.7. The van der Waals surface area contributed by atoms with Gasteiger partial charge in [-0.05, 0) is 67.6 Å². The highest BCUT2D eigenvalue weighted by Crippen LogP contribution is 2.43. The molecule has 0 fully saturated rings. The zero-order chi connectivity index (χ0) is 21.3. The Balaban J connectivity index is 2.31. The fraction of sp³-hybridized carbons (Fsp3) is 0.217. The molecule has 0 saturated carbocycles. The molecule has 1 amide bonds. The van der Waals surface area contributed by atoms with Crippen LogP contribution in [-0.2, 0) is 0 Å². The van der Waals surface area contributed by atoms with Crippen LogP contribution in [0.4, 0.5) is 5.69 Å². The molecule has 0 aliphatic carbocycles. The third-order valence-electron chi connectivity index (χ3n) is 5.20. The molecule has 4 N–H and O–H groups in total. The Morgan fingerprint density at radius 1 is 0.931 bits per heavy atom. The van der Waals surface area contributed by atoms with Gasteiger partial charge in [-0.1, -0.05) is 18.2 Å². The van der Waals surface area contributed by atoms with Crippen molar-refractivity contribution in [3.63, 3.8) is 0 Å². The number of rotatable bonds is 5. The second-order valence-corrected chi connectivity index (χ2v) is 7.01. The van der Waals surface area contributed by atoms with Gasteiger partial charge in [0.05, 0.1) is 23.9 Å². The number of primary amides is 1. The van der Waals surface area contributed by atoms with E-state index in [1.165, 1.54) is 6.20 Å². The number of anilines is 1. The Kier molecular flexibility index (Phi) is 5.46. The minimum absolute atomic E-state index is 0.148. The Labute approximate surface area is 170 Å². The van der Waals surface area contributed by atoms with Crippen LogP contribution in [0.5, 0.6) is 17.4 Å². The molecule has 0 spiro atoms. The number of nitrogen functional groups attached to an aromatic ring is 1. The molecule has 3 rings (SSSR count). The number of aryl methyl sites for hydroxylation is 2. The van der Waals surface area contributed by atoms with E-state index in [2.05, 4.69) is 4.98 Å². The Hall–Kier alpha value is -3.54. The van der Waals surface area contributed by atoms with Gasteiger partial charge < -0.3 is 20.9 Å². The van der Waals surface area contributed by atoms with Gasteiger partial charge >= 0.3 is 0 Å². The van der Waals surface area contributed by atoms with Crippen molar-refractivity contribution < 1.29 is 14.3 Å². The number of aromatic nitrogens is 1.